The molecule has 0 spiro atoms. The summed E-state index contributed by atoms with van der Waals surface area (Å²) in [4.78, 5) is 54.4. The number of carbonyl (C=O) groups is 4. The van der Waals surface area contributed by atoms with Crippen LogP contribution in [-0.2, 0) is 32.0 Å². The van der Waals surface area contributed by atoms with Crippen molar-refractivity contribution in [1.29, 1.82) is 0 Å². The van der Waals surface area contributed by atoms with Crippen LogP contribution in [0.3, 0.4) is 0 Å². The van der Waals surface area contributed by atoms with Crippen LogP contribution in [0.25, 0.3) is 0 Å². The Labute approximate surface area is 299 Å². The molecule has 0 aliphatic carbocycles. The van der Waals surface area contributed by atoms with Crippen LogP contribution in [0.4, 0.5) is 0 Å². The zero-order chi connectivity index (χ0) is 36.8. The van der Waals surface area contributed by atoms with Gasteiger partial charge in [-0.15, -0.1) is 0 Å². The van der Waals surface area contributed by atoms with Crippen molar-refractivity contribution in [3.05, 3.63) is 71.8 Å². The van der Waals surface area contributed by atoms with Gasteiger partial charge in [0, 0.05) is 11.8 Å². The number of carboxylic acid groups (broad SMARTS) is 2. The molecule has 4 N–H and O–H groups in total. The van der Waals surface area contributed by atoms with Crippen molar-refractivity contribution in [3.8, 4) is 0 Å². The summed E-state index contributed by atoms with van der Waals surface area (Å²) in [5.74, 6) is -9.50. The van der Waals surface area contributed by atoms with E-state index in [9.17, 15) is 39.6 Å². The van der Waals surface area contributed by atoms with E-state index in [1.54, 1.807) is 60.7 Å². The second kappa shape index (κ2) is 23.2. The van der Waals surface area contributed by atoms with Crippen LogP contribution in [0.2, 0.25) is 0 Å². The van der Waals surface area contributed by atoms with Crippen LogP contribution in [0, 0.1) is 11.8 Å². The summed E-state index contributed by atoms with van der Waals surface area (Å²) < 4.78 is 0. The molecule has 278 valence electrons. The lowest BCUT2D eigenvalue weighted by atomic mass is 9.68. The molecule has 4 atom stereocenters. The SMILES string of the molecule is CCCCCCCCCC[C@H](Cc1ccccc1)C(=O)[C@@](O)(C(=O)O)[C@](O)(C(=O)O)C(=O)[C@H](CCCCCCCCCC)Cc1ccccc1. The van der Waals surface area contributed by atoms with Gasteiger partial charge < -0.3 is 20.4 Å². The molecule has 0 amide bonds. The van der Waals surface area contributed by atoms with Crippen molar-refractivity contribution < 1.29 is 39.6 Å². The normalized spacial score (nSPS) is 15.0. The topological polar surface area (TPSA) is 149 Å². The molecule has 8 heteroatoms. The van der Waals surface area contributed by atoms with E-state index < -0.39 is 46.5 Å². The first-order valence-corrected chi connectivity index (χ1v) is 19.1. The van der Waals surface area contributed by atoms with Gasteiger partial charge in [0.15, 0.2) is 11.6 Å². The highest BCUT2D eigenvalue weighted by atomic mass is 16.5. The second-order valence-electron chi connectivity index (χ2n) is 14.1. The van der Waals surface area contributed by atoms with E-state index in [2.05, 4.69) is 13.8 Å². The molecule has 2 aromatic carbocycles. The summed E-state index contributed by atoms with van der Waals surface area (Å²) >= 11 is 0. The molecule has 2 aromatic rings. The summed E-state index contributed by atoms with van der Waals surface area (Å²) in [7, 11) is 0. The van der Waals surface area contributed by atoms with E-state index in [0.717, 1.165) is 77.0 Å². The maximum Gasteiger partial charge on any atom is 0.347 e. The Morgan fingerprint density at radius 3 is 1.04 bits per heavy atom. The van der Waals surface area contributed by atoms with Gasteiger partial charge >= 0.3 is 11.9 Å². The first-order valence-electron chi connectivity index (χ1n) is 19.1. The number of hydrogen-bond donors (Lipinski definition) is 4. The molecule has 2 rings (SSSR count). The average molecular weight is 695 g/mol. The number of Topliss-reactive ketones (excluding diaryl/α,β-unsaturated/α-hetero) is 2. The third-order valence-corrected chi connectivity index (χ3v) is 10.1. The van der Waals surface area contributed by atoms with Gasteiger partial charge in [-0.3, -0.25) is 9.59 Å². The highest BCUT2D eigenvalue weighted by Gasteiger charge is 2.70. The van der Waals surface area contributed by atoms with Crippen molar-refractivity contribution in [2.75, 3.05) is 0 Å². The molecular weight excluding hydrogens is 632 g/mol. The molecular formula is C42H62O8. The average Bonchev–Trinajstić information content (AvgIpc) is 3.12. The lowest BCUT2D eigenvalue weighted by Crippen LogP contribution is -2.73. The third kappa shape index (κ3) is 12.8. The van der Waals surface area contributed by atoms with Crippen LogP contribution in [0.5, 0.6) is 0 Å². The zero-order valence-electron chi connectivity index (χ0n) is 30.5. The lowest BCUT2D eigenvalue weighted by Gasteiger charge is -2.38. The molecule has 0 aliphatic rings. The molecule has 0 bridgehead atoms. The van der Waals surface area contributed by atoms with Gasteiger partial charge in [0.05, 0.1) is 0 Å². The Kier molecular flexibility index (Phi) is 19.8. The van der Waals surface area contributed by atoms with Gasteiger partial charge in [-0.25, -0.2) is 9.59 Å². The number of hydrogen-bond acceptors (Lipinski definition) is 6. The summed E-state index contributed by atoms with van der Waals surface area (Å²) in [6, 6.07) is 17.7. The summed E-state index contributed by atoms with van der Waals surface area (Å²) in [6.45, 7) is 4.31. The first kappa shape index (κ1) is 42.8. The summed E-state index contributed by atoms with van der Waals surface area (Å²) in [5, 5.41) is 44.5. The predicted octanol–water partition coefficient (Wildman–Crippen LogP) is 8.54. The van der Waals surface area contributed by atoms with Gasteiger partial charge in [-0.05, 0) is 36.8 Å². The van der Waals surface area contributed by atoms with Crippen LogP contribution in [-0.4, -0.2) is 55.1 Å². The lowest BCUT2D eigenvalue weighted by molar-refractivity contribution is -0.210. The van der Waals surface area contributed by atoms with E-state index >= 15 is 0 Å². The molecule has 0 aromatic heterocycles. The number of aliphatic carboxylic acids is 2. The zero-order valence-corrected chi connectivity index (χ0v) is 30.5. The Hall–Kier alpha value is -3.36. The minimum absolute atomic E-state index is 0.0291. The first-order chi connectivity index (χ1) is 24.0. The van der Waals surface area contributed by atoms with Crippen LogP contribution >= 0.6 is 0 Å². The fourth-order valence-corrected chi connectivity index (χ4v) is 6.97. The minimum Gasteiger partial charge on any atom is -0.479 e. The molecule has 0 saturated carbocycles. The smallest absolute Gasteiger partial charge is 0.347 e. The van der Waals surface area contributed by atoms with E-state index in [0.29, 0.717) is 24.0 Å². The van der Waals surface area contributed by atoms with Gasteiger partial charge in [-0.1, -0.05) is 177 Å². The van der Waals surface area contributed by atoms with Gasteiger partial charge in [0.2, 0.25) is 0 Å². The number of aliphatic hydroxyl groups is 2. The molecule has 0 aliphatic heterocycles. The van der Waals surface area contributed by atoms with Gasteiger partial charge in [0.25, 0.3) is 11.2 Å². The van der Waals surface area contributed by atoms with E-state index in [4.69, 9.17) is 0 Å². The maximum absolute atomic E-state index is 14.3. The summed E-state index contributed by atoms with van der Waals surface area (Å²) in [5.41, 5.74) is -6.41. The minimum atomic E-state index is -3.90. The number of benzene rings is 2. The van der Waals surface area contributed by atoms with Gasteiger partial charge in [0.1, 0.15) is 0 Å². The maximum atomic E-state index is 14.3. The van der Waals surface area contributed by atoms with Crippen molar-refractivity contribution in [1.82, 2.24) is 0 Å². The van der Waals surface area contributed by atoms with Gasteiger partial charge in [-0.2, -0.15) is 0 Å². The Bertz CT molecular complexity index is 1180. The number of ketones is 2. The highest BCUT2D eigenvalue weighted by molar-refractivity contribution is 6.22. The standard InChI is InChI=1S/C42H62O8/c1-3-5-7-9-11-13-15-23-29-35(31-33-25-19-17-20-26-33)37(43)41(49,39(45)46)42(50,40(47)48)38(44)36(32-34-27-21-18-22-28-34)30-24-16-14-12-10-8-6-4-2/h17-22,25-28,35-36,49-50H,3-16,23-24,29-32H2,1-2H3,(H,45,46)(H,47,48)/t35-,36-,41-,42-/m1/s1. The number of rotatable bonds is 29. The Morgan fingerprint density at radius 2 is 0.760 bits per heavy atom. The number of carboxylic acids is 2. The van der Waals surface area contributed by atoms with Crippen LogP contribution < -0.4 is 0 Å². The van der Waals surface area contributed by atoms with E-state index in [-0.39, 0.29) is 25.7 Å². The molecule has 0 unspecified atom stereocenters. The molecule has 0 heterocycles. The van der Waals surface area contributed by atoms with Crippen molar-refractivity contribution in [2.24, 2.45) is 11.8 Å². The number of carbonyl (C=O) groups excluding carboxylic acids is 2. The molecule has 8 nitrogen and oxygen atoms in total. The monoisotopic (exact) mass is 694 g/mol. The van der Waals surface area contributed by atoms with Crippen molar-refractivity contribution >= 4 is 23.5 Å². The Morgan fingerprint density at radius 1 is 0.480 bits per heavy atom. The van der Waals surface area contributed by atoms with E-state index in [1.807, 2.05) is 0 Å². The third-order valence-electron chi connectivity index (χ3n) is 10.1. The Balaban J connectivity index is 2.39. The van der Waals surface area contributed by atoms with Crippen LogP contribution in [0.15, 0.2) is 60.7 Å². The van der Waals surface area contributed by atoms with Crippen molar-refractivity contribution in [2.45, 2.75) is 153 Å². The highest BCUT2D eigenvalue weighted by Crippen LogP contribution is 2.36. The fraction of sp³-hybridized carbons (Fsp3) is 0.619. The second-order valence-corrected chi connectivity index (χ2v) is 14.1. The van der Waals surface area contributed by atoms with E-state index in [1.165, 1.54) is 12.8 Å². The molecule has 50 heavy (non-hydrogen) atoms. The van der Waals surface area contributed by atoms with Crippen molar-refractivity contribution in [3.63, 3.8) is 0 Å². The fourth-order valence-electron chi connectivity index (χ4n) is 6.97. The predicted molar refractivity (Wildman–Crippen MR) is 197 cm³/mol. The molecule has 0 fully saturated rings. The molecule has 0 saturated heterocycles. The largest absolute Gasteiger partial charge is 0.479 e. The van der Waals surface area contributed by atoms with Crippen LogP contribution in [0.1, 0.15) is 141 Å². The molecule has 0 radical (unpaired) electrons. The summed E-state index contributed by atoms with van der Waals surface area (Å²) in [6.07, 6.45) is 16.1. The quantitative estimate of drug-likeness (QED) is 0.0489. The number of unbranched alkanes of at least 4 members (excludes halogenated alkanes) is 14.